The lowest BCUT2D eigenvalue weighted by atomic mass is 9.47. The van der Waals surface area contributed by atoms with Crippen molar-refractivity contribution in [3.63, 3.8) is 0 Å². The van der Waals surface area contributed by atoms with Crippen LogP contribution in [0.15, 0.2) is 36.7 Å². The lowest BCUT2D eigenvalue weighted by Crippen LogP contribution is -2.32. The minimum atomic E-state index is -2.03. The molecule has 1 aromatic carbocycles. The Labute approximate surface area is 208 Å². The number of anilines is 1. The highest BCUT2D eigenvalue weighted by Crippen LogP contribution is 2.45. The molecule has 0 saturated heterocycles. The number of aromatic nitrogens is 5. The minimum absolute atomic E-state index is 0.0181. The molecule has 4 radical (unpaired) electrons. The number of aryl methyl sites for hydroxylation is 2. The second kappa shape index (κ2) is 7.86. The van der Waals surface area contributed by atoms with E-state index in [9.17, 15) is 9.50 Å². The summed E-state index contributed by atoms with van der Waals surface area (Å²) in [6.45, 7) is 3.72. The van der Waals surface area contributed by atoms with Gasteiger partial charge in [-0.2, -0.15) is 10.2 Å². The topological polar surface area (TPSA) is 104 Å². The van der Waals surface area contributed by atoms with E-state index in [-0.39, 0.29) is 22.3 Å². The van der Waals surface area contributed by atoms with Crippen molar-refractivity contribution in [3.05, 3.63) is 64.3 Å². The minimum Gasteiger partial charge on any atom is -0.455 e. The molecule has 0 saturated carbocycles. The molecule has 12 heteroatoms. The number of hydrogen-bond donors (Lipinski definition) is 2. The standard InChI is InChI=1S/C23H20B2ClFN6O2/c1-4-33-19-11-7-16(21(28)29-9-11)35-22(2,34)14-8-12(27)5-6-13(14)18-15(10-32(3)30-18)23(24,25)17(19)20(26)31-33/h5-10,34H,4H2,1-3H3,(H2,28,29)/t22-/m1/s1. The summed E-state index contributed by atoms with van der Waals surface area (Å²) in [6, 6.07) is 5.47. The van der Waals surface area contributed by atoms with Crippen LogP contribution in [0.5, 0.6) is 5.75 Å². The van der Waals surface area contributed by atoms with E-state index in [0.717, 1.165) is 6.07 Å². The number of benzene rings is 1. The Kier molecular flexibility index (Phi) is 5.26. The SMILES string of the molecule is [B]C1([B])c2cn(C)nc2-c2ccc(F)cc2[C@](C)(O)Oc2cc(cnc2N)-c2c1c(Cl)nn2CC. The van der Waals surface area contributed by atoms with Gasteiger partial charge in [-0.15, -0.1) is 0 Å². The van der Waals surface area contributed by atoms with E-state index in [2.05, 4.69) is 15.2 Å². The van der Waals surface area contributed by atoms with Crippen LogP contribution in [0.1, 0.15) is 30.5 Å². The van der Waals surface area contributed by atoms with Gasteiger partial charge in [-0.25, -0.2) is 9.37 Å². The maximum absolute atomic E-state index is 14.4. The number of rotatable bonds is 1. The molecule has 8 nitrogen and oxygen atoms in total. The van der Waals surface area contributed by atoms with Crippen LogP contribution in [0.4, 0.5) is 10.2 Å². The normalized spacial score (nSPS) is 18.5. The zero-order chi connectivity index (χ0) is 25.3. The smallest absolute Gasteiger partial charge is 0.233 e. The molecule has 0 fully saturated rings. The second-order valence-electron chi connectivity index (χ2n) is 8.65. The molecule has 0 unspecified atom stereocenters. The Morgan fingerprint density at radius 1 is 1.23 bits per heavy atom. The number of pyridine rings is 1. The summed E-state index contributed by atoms with van der Waals surface area (Å²) in [5.41, 5.74) is 8.58. The molecule has 0 aliphatic carbocycles. The van der Waals surface area contributed by atoms with Gasteiger partial charge in [0, 0.05) is 55.2 Å². The van der Waals surface area contributed by atoms with Crippen LogP contribution in [0, 0.1) is 5.82 Å². The van der Waals surface area contributed by atoms with Crippen molar-refractivity contribution in [2.24, 2.45) is 7.05 Å². The quantitative estimate of drug-likeness (QED) is 0.400. The molecule has 174 valence electrons. The molecule has 3 aromatic heterocycles. The van der Waals surface area contributed by atoms with Gasteiger partial charge in [0.2, 0.25) is 5.79 Å². The van der Waals surface area contributed by atoms with Gasteiger partial charge < -0.3 is 15.6 Å². The molecule has 1 aliphatic rings. The average molecular weight is 489 g/mol. The molecular formula is C23H20B2ClFN6O2. The van der Waals surface area contributed by atoms with Gasteiger partial charge in [-0.05, 0) is 42.0 Å². The molecule has 3 N–H and O–H groups in total. The van der Waals surface area contributed by atoms with Crippen LogP contribution in [-0.2, 0) is 24.6 Å². The molecule has 5 rings (SSSR count). The number of ether oxygens (including phenoxy) is 1. The Morgan fingerprint density at radius 3 is 2.69 bits per heavy atom. The lowest BCUT2D eigenvalue weighted by molar-refractivity contribution is -0.128. The maximum atomic E-state index is 14.4. The molecule has 35 heavy (non-hydrogen) atoms. The number of fused-ring (bicyclic) bond motifs is 7. The van der Waals surface area contributed by atoms with E-state index >= 15 is 0 Å². The first-order chi connectivity index (χ1) is 16.4. The molecule has 4 heterocycles. The van der Waals surface area contributed by atoms with E-state index in [1.165, 1.54) is 29.9 Å². The van der Waals surface area contributed by atoms with Gasteiger partial charge in [0.15, 0.2) is 16.7 Å². The second-order valence-corrected chi connectivity index (χ2v) is 9.00. The number of nitrogens with zero attached hydrogens (tertiary/aromatic N) is 5. The van der Waals surface area contributed by atoms with Crippen molar-refractivity contribution in [3.8, 4) is 28.3 Å². The third-order valence-electron chi connectivity index (χ3n) is 6.10. The fourth-order valence-corrected chi connectivity index (χ4v) is 4.83. The van der Waals surface area contributed by atoms with Crippen molar-refractivity contribution in [1.82, 2.24) is 24.5 Å². The maximum Gasteiger partial charge on any atom is 0.233 e. The third-order valence-corrected chi connectivity index (χ3v) is 6.36. The summed E-state index contributed by atoms with van der Waals surface area (Å²) in [4.78, 5) is 4.23. The summed E-state index contributed by atoms with van der Waals surface area (Å²) in [5.74, 6) is -2.53. The summed E-state index contributed by atoms with van der Waals surface area (Å²) < 4.78 is 23.5. The van der Waals surface area contributed by atoms with Crippen molar-refractivity contribution >= 4 is 33.1 Å². The molecule has 1 atom stereocenters. The van der Waals surface area contributed by atoms with Gasteiger partial charge in [0.05, 0.1) is 27.1 Å². The number of aliphatic hydroxyl groups is 1. The molecule has 0 amide bonds. The van der Waals surface area contributed by atoms with Crippen LogP contribution in [0.2, 0.25) is 5.15 Å². The average Bonchev–Trinajstić information content (AvgIpc) is 3.35. The summed E-state index contributed by atoms with van der Waals surface area (Å²) in [5, 5.41) is 18.8. The highest BCUT2D eigenvalue weighted by Gasteiger charge is 2.39. The Hall–Kier alpha value is -3.30. The zero-order valence-electron chi connectivity index (χ0n) is 19.3. The summed E-state index contributed by atoms with van der Waals surface area (Å²) in [7, 11) is 15.3. The Balaban J connectivity index is 1.96. The third kappa shape index (κ3) is 3.61. The van der Waals surface area contributed by atoms with Gasteiger partial charge >= 0.3 is 0 Å². The zero-order valence-corrected chi connectivity index (χ0v) is 20.0. The van der Waals surface area contributed by atoms with E-state index in [4.69, 9.17) is 37.8 Å². The van der Waals surface area contributed by atoms with E-state index in [0.29, 0.717) is 40.2 Å². The monoisotopic (exact) mass is 488 g/mol. The van der Waals surface area contributed by atoms with Crippen molar-refractivity contribution in [2.75, 3.05) is 5.73 Å². The Bertz CT molecular complexity index is 1480. The fourth-order valence-electron chi connectivity index (χ4n) is 4.49. The largest absolute Gasteiger partial charge is 0.455 e. The molecule has 0 spiro atoms. The summed E-state index contributed by atoms with van der Waals surface area (Å²) >= 11 is 6.62. The fraction of sp³-hybridized carbons (Fsp3) is 0.261. The van der Waals surface area contributed by atoms with Crippen LogP contribution in [-0.4, -0.2) is 45.3 Å². The van der Waals surface area contributed by atoms with Crippen LogP contribution < -0.4 is 10.5 Å². The number of nitrogen functional groups attached to an aromatic ring is 1. The summed E-state index contributed by atoms with van der Waals surface area (Å²) in [6.07, 6.45) is 3.17. The van der Waals surface area contributed by atoms with Crippen molar-refractivity contribution < 1.29 is 14.2 Å². The van der Waals surface area contributed by atoms with Crippen molar-refractivity contribution in [2.45, 2.75) is 31.4 Å². The predicted molar refractivity (Wildman–Crippen MR) is 132 cm³/mol. The van der Waals surface area contributed by atoms with Crippen LogP contribution >= 0.6 is 11.6 Å². The van der Waals surface area contributed by atoms with E-state index in [1.54, 1.807) is 24.0 Å². The lowest BCUT2D eigenvalue weighted by Gasteiger charge is -2.31. The number of hydrogen-bond acceptors (Lipinski definition) is 6. The Morgan fingerprint density at radius 2 is 1.97 bits per heavy atom. The molecule has 4 aromatic rings. The van der Waals surface area contributed by atoms with Crippen LogP contribution in [0.3, 0.4) is 0 Å². The van der Waals surface area contributed by atoms with E-state index < -0.39 is 16.8 Å². The predicted octanol–water partition coefficient (Wildman–Crippen LogP) is 2.84. The van der Waals surface area contributed by atoms with Crippen molar-refractivity contribution in [1.29, 1.82) is 0 Å². The first kappa shape index (κ1) is 23.4. The molecule has 1 aliphatic heterocycles. The highest BCUT2D eigenvalue weighted by molar-refractivity contribution is 6.45. The van der Waals surface area contributed by atoms with Crippen LogP contribution in [0.25, 0.3) is 22.5 Å². The van der Waals surface area contributed by atoms with Gasteiger partial charge in [-0.3, -0.25) is 9.36 Å². The first-order valence-electron chi connectivity index (χ1n) is 10.8. The van der Waals surface area contributed by atoms with Gasteiger partial charge in [-0.1, -0.05) is 11.6 Å². The molecule has 2 bridgehead atoms. The molecular weight excluding hydrogens is 468 g/mol. The number of nitrogens with two attached hydrogens (primary N) is 1. The van der Waals surface area contributed by atoms with E-state index in [1.807, 2.05) is 6.92 Å². The first-order valence-corrected chi connectivity index (χ1v) is 11.2. The van der Waals surface area contributed by atoms with Gasteiger partial charge in [0.25, 0.3) is 0 Å². The number of halogens is 2. The van der Waals surface area contributed by atoms with Gasteiger partial charge in [0.1, 0.15) is 5.82 Å². The highest BCUT2D eigenvalue weighted by atomic mass is 35.5.